The first-order valence-electron chi connectivity index (χ1n) is 11.3. The molecule has 2 fully saturated rings. The van der Waals surface area contributed by atoms with Crippen LogP contribution in [0.1, 0.15) is 26.2 Å². The number of piperidine rings is 1. The Labute approximate surface area is 184 Å². The summed E-state index contributed by atoms with van der Waals surface area (Å²) in [6, 6.07) is 12.3. The molecule has 2 N–H and O–H groups in total. The van der Waals surface area contributed by atoms with Gasteiger partial charge in [-0.15, -0.1) is 10.2 Å². The molecule has 0 radical (unpaired) electrons. The zero-order valence-corrected chi connectivity index (χ0v) is 18.2. The van der Waals surface area contributed by atoms with E-state index in [9.17, 15) is 4.79 Å². The van der Waals surface area contributed by atoms with Crippen molar-refractivity contribution < 1.29 is 9.53 Å². The average Bonchev–Trinajstić information content (AvgIpc) is 2.84. The Morgan fingerprint density at radius 2 is 1.74 bits per heavy atom. The van der Waals surface area contributed by atoms with Crippen LogP contribution in [0.5, 0.6) is 0 Å². The van der Waals surface area contributed by atoms with Gasteiger partial charge in [0.05, 0.1) is 13.2 Å². The molecule has 166 valence electrons. The standard InChI is InChI=1S/C23H32N6O2/c1-2-11-24-23(30)18-9-12-29(13-10-18)22-8-7-21(26-27-22)25-19-3-5-20(6-4-19)28-14-16-31-17-15-28/h3-8,18H,2,9-17H2,1H3,(H,24,30)(H,25,26). The zero-order chi connectivity index (χ0) is 21.5. The van der Waals surface area contributed by atoms with Crippen LogP contribution < -0.4 is 20.4 Å². The van der Waals surface area contributed by atoms with Crippen LogP contribution in [0, 0.1) is 5.92 Å². The summed E-state index contributed by atoms with van der Waals surface area (Å²) in [5.41, 5.74) is 2.19. The Kier molecular flexibility index (Phi) is 7.19. The highest BCUT2D eigenvalue weighted by Gasteiger charge is 2.25. The number of hydrogen-bond donors (Lipinski definition) is 2. The van der Waals surface area contributed by atoms with Crippen LogP contribution in [0.2, 0.25) is 0 Å². The van der Waals surface area contributed by atoms with Crippen LogP contribution in [0.15, 0.2) is 36.4 Å². The number of morpholine rings is 1. The van der Waals surface area contributed by atoms with Gasteiger partial charge in [0.1, 0.15) is 0 Å². The van der Waals surface area contributed by atoms with E-state index in [0.29, 0.717) is 0 Å². The summed E-state index contributed by atoms with van der Waals surface area (Å²) < 4.78 is 5.42. The summed E-state index contributed by atoms with van der Waals surface area (Å²) in [7, 11) is 0. The van der Waals surface area contributed by atoms with Crippen molar-refractivity contribution in [3.8, 4) is 0 Å². The minimum atomic E-state index is 0.108. The van der Waals surface area contributed by atoms with E-state index < -0.39 is 0 Å². The summed E-state index contributed by atoms with van der Waals surface area (Å²) in [4.78, 5) is 16.7. The van der Waals surface area contributed by atoms with E-state index >= 15 is 0 Å². The van der Waals surface area contributed by atoms with Crippen molar-refractivity contribution in [2.75, 3.05) is 61.1 Å². The van der Waals surface area contributed by atoms with Crippen LogP contribution >= 0.6 is 0 Å². The Bertz CT molecular complexity index is 828. The fourth-order valence-electron chi connectivity index (χ4n) is 4.05. The van der Waals surface area contributed by atoms with Gasteiger partial charge in [-0.1, -0.05) is 6.92 Å². The Hall–Kier alpha value is -2.87. The molecule has 0 atom stereocenters. The van der Waals surface area contributed by atoms with Gasteiger partial charge in [-0.25, -0.2) is 0 Å². The number of ether oxygens (including phenoxy) is 1. The van der Waals surface area contributed by atoms with Gasteiger partial charge >= 0.3 is 0 Å². The number of rotatable bonds is 7. The third-order valence-electron chi connectivity index (χ3n) is 5.91. The van der Waals surface area contributed by atoms with Crippen LogP contribution in [-0.2, 0) is 9.53 Å². The Morgan fingerprint density at radius 3 is 2.39 bits per heavy atom. The topological polar surface area (TPSA) is 82.6 Å². The summed E-state index contributed by atoms with van der Waals surface area (Å²) in [5, 5.41) is 15.1. The van der Waals surface area contributed by atoms with E-state index in [1.54, 1.807) is 0 Å². The summed E-state index contributed by atoms with van der Waals surface area (Å²) in [6.07, 6.45) is 2.68. The third-order valence-corrected chi connectivity index (χ3v) is 5.91. The molecule has 0 spiro atoms. The molecule has 8 nitrogen and oxygen atoms in total. The maximum Gasteiger partial charge on any atom is 0.223 e. The predicted molar refractivity (Wildman–Crippen MR) is 123 cm³/mol. The molecule has 1 amide bonds. The average molecular weight is 425 g/mol. The third kappa shape index (κ3) is 5.64. The molecular weight excluding hydrogens is 392 g/mol. The second-order valence-electron chi connectivity index (χ2n) is 8.10. The number of carbonyl (C=O) groups excluding carboxylic acids is 1. The fraction of sp³-hybridized carbons (Fsp3) is 0.522. The number of carbonyl (C=O) groups is 1. The fourth-order valence-corrected chi connectivity index (χ4v) is 4.05. The lowest BCUT2D eigenvalue weighted by Crippen LogP contribution is -2.41. The van der Waals surface area contributed by atoms with Crippen molar-refractivity contribution in [3.63, 3.8) is 0 Å². The monoisotopic (exact) mass is 424 g/mol. The van der Waals surface area contributed by atoms with Crippen molar-refractivity contribution in [1.29, 1.82) is 0 Å². The number of aromatic nitrogens is 2. The minimum Gasteiger partial charge on any atom is -0.378 e. The zero-order valence-electron chi connectivity index (χ0n) is 18.2. The Balaban J connectivity index is 1.28. The molecule has 2 aromatic rings. The number of nitrogens with one attached hydrogen (secondary N) is 2. The molecule has 0 bridgehead atoms. The van der Waals surface area contributed by atoms with E-state index in [2.05, 4.69) is 61.8 Å². The molecule has 2 aliphatic heterocycles. The van der Waals surface area contributed by atoms with E-state index in [4.69, 9.17) is 4.74 Å². The predicted octanol–water partition coefficient (Wildman–Crippen LogP) is 2.80. The second-order valence-corrected chi connectivity index (χ2v) is 8.10. The normalized spacial score (nSPS) is 17.5. The van der Waals surface area contributed by atoms with Gasteiger partial charge in [0, 0.05) is 50.0 Å². The second kappa shape index (κ2) is 10.4. The first kappa shape index (κ1) is 21.4. The van der Waals surface area contributed by atoms with Gasteiger partial charge in [0.15, 0.2) is 11.6 Å². The Morgan fingerprint density at radius 1 is 1.00 bits per heavy atom. The number of anilines is 4. The van der Waals surface area contributed by atoms with E-state index in [0.717, 1.165) is 82.5 Å². The molecule has 31 heavy (non-hydrogen) atoms. The lowest BCUT2D eigenvalue weighted by Gasteiger charge is -2.31. The van der Waals surface area contributed by atoms with Gasteiger partial charge in [-0.05, 0) is 55.7 Å². The van der Waals surface area contributed by atoms with Gasteiger partial charge in [0.25, 0.3) is 0 Å². The minimum absolute atomic E-state index is 0.108. The van der Waals surface area contributed by atoms with Crippen LogP contribution in [0.3, 0.4) is 0 Å². The summed E-state index contributed by atoms with van der Waals surface area (Å²) in [5.74, 6) is 1.88. The molecular formula is C23H32N6O2. The molecule has 2 aliphatic rings. The molecule has 2 saturated heterocycles. The molecule has 1 aromatic heterocycles. The maximum absolute atomic E-state index is 12.2. The molecule has 1 aromatic carbocycles. The van der Waals surface area contributed by atoms with Gasteiger partial charge in [0.2, 0.25) is 5.91 Å². The molecule has 4 rings (SSSR count). The highest BCUT2D eigenvalue weighted by atomic mass is 16.5. The van der Waals surface area contributed by atoms with Crippen LogP contribution in [-0.4, -0.2) is 62.0 Å². The SMILES string of the molecule is CCCNC(=O)C1CCN(c2ccc(Nc3ccc(N4CCOCC4)cc3)nn2)CC1. The maximum atomic E-state index is 12.2. The van der Waals surface area contributed by atoms with Crippen molar-refractivity contribution in [2.24, 2.45) is 5.92 Å². The molecule has 0 unspecified atom stereocenters. The van der Waals surface area contributed by atoms with Crippen molar-refractivity contribution in [1.82, 2.24) is 15.5 Å². The first-order chi connectivity index (χ1) is 15.2. The molecule has 0 saturated carbocycles. The van der Waals surface area contributed by atoms with Gasteiger partial charge < -0.3 is 25.2 Å². The van der Waals surface area contributed by atoms with E-state index in [1.165, 1.54) is 5.69 Å². The van der Waals surface area contributed by atoms with E-state index in [1.807, 2.05) is 12.1 Å². The van der Waals surface area contributed by atoms with Crippen molar-refractivity contribution in [3.05, 3.63) is 36.4 Å². The highest BCUT2D eigenvalue weighted by Crippen LogP contribution is 2.24. The van der Waals surface area contributed by atoms with Gasteiger partial charge in [-0.2, -0.15) is 0 Å². The molecule has 8 heteroatoms. The summed E-state index contributed by atoms with van der Waals surface area (Å²) in [6.45, 7) is 7.91. The largest absolute Gasteiger partial charge is 0.378 e. The number of amides is 1. The van der Waals surface area contributed by atoms with Crippen molar-refractivity contribution in [2.45, 2.75) is 26.2 Å². The van der Waals surface area contributed by atoms with Crippen LogP contribution in [0.25, 0.3) is 0 Å². The summed E-state index contributed by atoms with van der Waals surface area (Å²) >= 11 is 0. The quantitative estimate of drug-likeness (QED) is 0.707. The van der Waals surface area contributed by atoms with Crippen molar-refractivity contribution >= 4 is 28.9 Å². The first-order valence-corrected chi connectivity index (χ1v) is 11.3. The van der Waals surface area contributed by atoms with E-state index in [-0.39, 0.29) is 11.8 Å². The van der Waals surface area contributed by atoms with Gasteiger partial charge in [-0.3, -0.25) is 4.79 Å². The number of nitrogens with zero attached hydrogens (tertiary/aromatic N) is 4. The molecule has 3 heterocycles. The molecule has 0 aliphatic carbocycles. The smallest absolute Gasteiger partial charge is 0.223 e. The highest BCUT2D eigenvalue weighted by molar-refractivity contribution is 5.78. The lowest BCUT2D eigenvalue weighted by atomic mass is 9.96. The number of benzene rings is 1. The lowest BCUT2D eigenvalue weighted by molar-refractivity contribution is -0.125. The van der Waals surface area contributed by atoms with Crippen LogP contribution in [0.4, 0.5) is 23.0 Å². The number of hydrogen-bond acceptors (Lipinski definition) is 7.